The van der Waals surface area contributed by atoms with Crippen LogP contribution in [0, 0.1) is 23.1 Å². The minimum Gasteiger partial charge on any atom is -0.330 e. The van der Waals surface area contributed by atoms with E-state index in [2.05, 4.69) is 0 Å². The van der Waals surface area contributed by atoms with Crippen LogP contribution in [0.1, 0.15) is 18.1 Å². The number of benzene rings is 1. The van der Waals surface area contributed by atoms with Crippen molar-refractivity contribution in [3.05, 3.63) is 35.1 Å². The van der Waals surface area contributed by atoms with Crippen LogP contribution >= 0.6 is 0 Å². The Bertz CT molecular complexity index is 564. The third-order valence-electron chi connectivity index (χ3n) is 2.50. The summed E-state index contributed by atoms with van der Waals surface area (Å²) in [4.78, 5) is 0. The first kappa shape index (κ1) is 14.6. The van der Waals surface area contributed by atoms with Crippen molar-refractivity contribution in [3.8, 4) is 6.07 Å². The van der Waals surface area contributed by atoms with Gasteiger partial charge in [-0.05, 0) is 24.6 Å². The molecule has 0 aliphatic rings. The zero-order valence-corrected chi connectivity index (χ0v) is 10.9. The van der Waals surface area contributed by atoms with Gasteiger partial charge in [-0.15, -0.1) is 0 Å². The molecule has 1 rings (SSSR count). The van der Waals surface area contributed by atoms with Crippen LogP contribution in [0.5, 0.6) is 0 Å². The first-order valence-electron chi connectivity index (χ1n) is 5.47. The maximum absolute atomic E-state index is 13.5. The topological polar surface area (TPSA) is 84.0 Å². The normalized spacial score (nSPS) is 13.0. The molecule has 0 radical (unpaired) electrons. The van der Waals surface area contributed by atoms with Crippen LogP contribution in [0.15, 0.2) is 18.2 Å². The predicted molar refractivity (Wildman–Crippen MR) is 66.8 cm³/mol. The van der Waals surface area contributed by atoms with Crippen LogP contribution in [0.2, 0.25) is 0 Å². The average molecular weight is 270 g/mol. The molecule has 0 bridgehead atoms. The first-order valence-corrected chi connectivity index (χ1v) is 7.29. The molecule has 18 heavy (non-hydrogen) atoms. The van der Waals surface area contributed by atoms with Crippen LogP contribution in [0.3, 0.4) is 0 Å². The summed E-state index contributed by atoms with van der Waals surface area (Å²) in [6.07, 6.45) is 0. The van der Waals surface area contributed by atoms with E-state index in [0.717, 1.165) is 6.07 Å². The van der Waals surface area contributed by atoms with Gasteiger partial charge in [0.2, 0.25) is 0 Å². The second kappa shape index (κ2) is 5.94. The van der Waals surface area contributed by atoms with E-state index in [9.17, 15) is 12.8 Å². The van der Waals surface area contributed by atoms with Gasteiger partial charge in [-0.2, -0.15) is 5.26 Å². The zero-order valence-electron chi connectivity index (χ0n) is 10.1. The molecule has 0 spiro atoms. The number of halogens is 1. The van der Waals surface area contributed by atoms with Gasteiger partial charge in [-0.1, -0.05) is 13.0 Å². The van der Waals surface area contributed by atoms with E-state index in [1.165, 1.54) is 12.1 Å². The Kier molecular flexibility index (Phi) is 4.82. The van der Waals surface area contributed by atoms with Crippen molar-refractivity contribution in [1.29, 1.82) is 5.26 Å². The molecular formula is C12H15FN2O2S. The lowest BCUT2D eigenvalue weighted by atomic mass is 10.1. The lowest BCUT2D eigenvalue weighted by molar-refractivity contribution is 0.568. The largest absolute Gasteiger partial charge is 0.330 e. The van der Waals surface area contributed by atoms with Gasteiger partial charge in [0.15, 0.2) is 9.84 Å². The fourth-order valence-electron chi connectivity index (χ4n) is 1.53. The van der Waals surface area contributed by atoms with Gasteiger partial charge in [0.05, 0.1) is 23.1 Å². The highest BCUT2D eigenvalue weighted by atomic mass is 32.2. The highest BCUT2D eigenvalue weighted by molar-refractivity contribution is 7.90. The van der Waals surface area contributed by atoms with Crippen LogP contribution in [0.25, 0.3) is 0 Å². The monoisotopic (exact) mass is 270 g/mol. The molecule has 1 aromatic rings. The van der Waals surface area contributed by atoms with E-state index in [0.29, 0.717) is 0 Å². The highest BCUT2D eigenvalue weighted by Gasteiger charge is 2.18. The van der Waals surface area contributed by atoms with Crippen molar-refractivity contribution in [3.63, 3.8) is 0 Å². The van der Waals surface area contributed by atoms with E-state index in [-0.39, 0.29) is 35.1 Å². The van der Waals surface area contributed by atoms with E-state index in [4.69, 9.17) is 11.0 Å². The number of nitrogens with two attached hydrogens (primary N) is 1. The molecule has 1 atom stereocenters. The molecule has 1 unspecified atom stereocenters. The number of nitriles is 1. The van der Waals surface area contributed by atoms with Crippen LogP contribution in [-0.4, -0.2) is 20.7 Å². The standard InChI is InChI=1S/C12H15FN2O2S/c1-9(5-14)7-18(16,17)8-11-3-2-10(6-15)4-12(11)13/h2-4,9H,5,7-8,14H2,1H3. The molecule has 98 valence electrons. The van der Waals surface area contributed by atoms with Crippen LogP contribution in [0.4, 0.5) is 4.39 Å². The molecule has 0 saturated heterocycles. The van der Waals surface area contributed by atoms with E-state index >= 15 is 0 Å². The quantitative estimate of drug-likeness (QED) is 0.871. The zero-order chi connectivity index (χ0) is 13.8. The third-order valence-corrected chi connectivity index (χ3v) is 4.33. The minimum absolute atomic E-state index is 0.0665. The first-order chi connectivity index (χ1) is 8.38. The number of rotatable bonds is 5. The lowest BCUT2D eigenvalue weighted by Gasteiger charge is -2.10. The summed E-state index contributed by atoms with van der Waals surface area (Å²) in [6.45, 7) is 2.00. The highest BCUT2D eigenvalue weighted by Crippen LogP contribution is 2.15. The maximum Gasteiger partial charge on any atom is 0.154 e. The van der Waals surface area contributed by atoms with Gasteiger partial charge in [0.25, 0.3) is 0 Å². The van der Waals surface area contributed by atoms with E-state index in [1.807, 2.05) is 0 Å². The summed E-state index contributed by atoms with van der Waals surface area (Å²) in [5, 5.41) is 8.59. The van der Waals surface area contributed by atoms with Crippen LogP contribution < -0.4 is 5.73 Å². The van der Waals surface area contributed by atoms with Gasteiger partial charge < -0.3 is 5.73 Å². The molecule has 6 heteroatoms. The molecular weight excluding hydrogens is 255 g/mol. The Labute approximate surface area is 106 Å². The van der Waals surface area contributed by atoms with Crippen molar-refractivity contribution >= 4 is 9.84 Å². The number of nitrogens with zero attached hydrogens (tertiary/aromatic N) is 1. The number of hydrogen-bond donors (Lipinski definition) is 1. The molecule has 0 fully saturated rings. The molecule has 0 aliphatic carbocycles. The fourth-order valence-corrected chi connectivity index (χ4v) is 3.36. The summed E-state index contributed by atoms with van der Waals surface area (Å²) in [7, 11) is -3.39. The van der Waals surface area contributed by atoms with Crippen molar-refractivity contribution < 1.29 is 12.8 Å². The van der Waals surface area contributed by atoms with Gasteiger partial charge >= 0.3 is 0 Å². The molecule has 1 aromatic carbocycles. The smallest absolute Gasteiger partial charge is 0.154 e. The minimum atomic E-state index is -3.39. The SMILES string of the molecule is CC(CN)CS(=O)(=O)Cc1ccc(C#N)cc1F. The molecule has 2 N–H and O–H groups in total. The summed E-state index contributed by atoms with van der Waals surface area (Å²) >= 11 is 0. The van der Waals surface area contributed by atoms with E-state index < -0.39 is 15.7 Å². The van der Waals surface area contributed by atoms with Gasteiger partial charge in [-0.3, -0.25) is 0 Å². The molecule has 0 saturated carbocycles. The summed E-state index contributed by atoms with van der Waals surface area (Å²) < 4.78 is 37.1. The summed E-state index contributed by atoms with van der Waals surface area (Å²) in [5.41, 5.74) is 5.62. The molecule has 4 nitrogen and oxygen atoms in total. The van der Waals surface area contributed by atoms with Gasteiger partial charge in [0.1, 0.15) is 5.82 Å². The Balaban J connectivity index is 2.88. The maximum atomic E-state index is 13.5. The Morgan fingerprint density at radius 1 is 1.50 bits per heavy atom. The Morgan fingerprint density at radius 2 is 2.17 bits per heavy atom. The molecule has 0 aliphatic heterocycles. The third kappa shape index (κ3) is 4.09. The van der Waals surface area contributed by atoms with Crippen molar-refractivity contribution in [2.24, 2.45) is 11.7 Å². The van der Waals surface area contributed by atoms with Crippen LogP contribution in [-0.2, 0) is 15.6 Å². The number of hydrogen-bond acceptors (Lipinski definition) is 4. The fraction of sp³-hybridized carbons (Fsp3) is 0.417. The summed E-state index contributed by atoms with van der Waals surface area (Å²) in [6, 6.07) is 5.57. The predicted octanol–water partition coefficient (Wildman–Crippen LogP) is 1.21. The Hall–Kier alpha value is -1.45. The molecule has 0 aromatic heterocycles. The number of sulfone groups is 1. The molecule has 0 heterocycles. The summed E-state index contributed by atoms with van der Waals surface area (Å²) in [5.74, 6) is -1.26. The second-order valence-corrected chi connectivity index (χ2v) is 6.42. The second-order valence-electron chi connectivity index (χ2n) is 4.31. The van der Waals surface area contributed by atoms with Gasteiger partial charge in [0, 0.05) is 5.56 Å². The van der Waals surface area contributed by atoms with Gasteiger partial charge in [-0.25, -0.2) is 12.8 Å². The Morgan fingerprint density at radius 3 is 2.67 bits per heavy atom. The van der Waals surface area contributed by atoms with Crippen molar-refractivity contribution in [2.45, 2.75) is 12.7 Å². The lowest BCUT2D eigenvalue weighted by Crippen LogP contribution is -2.22. The van der Waals surface area contributed by atoms with Crippen molar-refractivity contribution in [1.82, 2.24) is 0 Å². The average Bonchev–Trinajstić information content (AvgIpc) is 2.30. The van der Waals surface area contributed by atoms with E-state index in [1.54, 1.807) is 13.0 Å². The molecule has 0 amide bonds. The van der Waals surface area contributed by atoms with Crippen molar-refractivity contribution in [2.75, 3.05) is 12.3 Å².